The van der Waals surface area contributed by atoms with Crippen LogP contribution in [0.4, 0.5) is 8.78 Å². The van der Waals surface area contributed by atoms with E-state index in [9.17, 15) is 8.78 Å². The van der Waals surface area contributed by atoms with Crippen molar-refractivity contribution in [2.24, 2.45) is 7.05 Å². The fourth-order valence-corrected chi connectivity index (χ4v) is 1.47. The summed E-state index contributed by atoms with van der Waals surface area (Å²) in [4.78, 5) is 0. The zero-order valence-corrected chi connectivity index (χ0v) is 9.32. The van der Waals surface area contributed by atoms with Gasteiger partial charge in [0.05, 0.1) is 5.69 Å². The Balaban J connectivity index is 1.90. The van der Waals surface area contributed by atoms with E-state index in [0.29, 0.717) is 18.7 Å². The van der Waals surface area contributed by atoms with Crippen LogP contribution in [0.15, 0.2) is 24.4 Å². The Kier molecular flexibility index (Phi) is 3.43. The van der Waals surface area contributed by atoms with Gasteiger partial charge in [-0.05, 0) is 6.07 Å². The summed E-state index contributed by atoms with van der Waals surface area (Å²) < 4.78 is 27.5. The van der Waals surface area contributed by atoms with Crippen molar-refractivity contribution in [3.63, 3.8) is 0 Å². The summed E-state index contributed by atoms with van der Waals surface area (Å²) in [6.07, 6.45) is 1.77. The van der Waals surface area contributed by atoms with Gasteiger partial charge in [0.1, 0.15) is 11.6 Å². The van der Waals surface area contributed by atoms with Crippen LogP contribution in [-0.4, -0.2) is 15.0 Å². The molecule has 0 saturated heterocycles. The van der Waals surface area contributed by atoms with Crippen molar-refractivity contribution in [1.82, 2.24) is 20.3 Å². The molecule has 0 aliphatic carbocycles. The fourth-order valence-electron chi connectivity index (χ4n) is 1.47. The van der Waals surface area contributed by atoms with Crippen LogP contribution in [-0.2, 0) is 20.1 Å². The van der Waals surface area contributed by atoms with E-state index in [-0.39, 0.29) is 0 Å². The molecule has 0 unspecified atom stereocenters. The largest absolute Gasteiger partial charge is 0.307 e. The summed E-state index contributed by atoms with van der Waals surface area (Å²) in [5.41, 5.74) is 1.20. The SMILES string of the molecule is Cn1cc(CNCc2ccc(F)cc2F)nn1. The summed E-state index contributed by atoms with van der Waals surface area (Å²) in [6, 6.07) is 3.54. The average molecular weight is 238 g/mol. The number of halogens is 2. The quantitative estimate of drug-likeness (QED) is 0.875. The van der Waals surface area contributed by atoms with Crippen LogP contribution in [0.5, 0.6) is 0 Å². The van der Waals surface area contributed by atoms with Gasteiger partial charge in [-0.15, -0.1) is 5.10 Å². The fraction of sp³-hybridized carbons (Fsp3) is 0.273. The molecule has 0 spiro atoms. The van der Waals surface area contributed by atoms with Crippen LogP contribution in [0.3, 0.4) is 0 Å². The molecule has 2 rings (SSSR count). The van der Waals surface area contributed by atoms with E-state index in [1.807, 2.05) is 0 Å². The average Bonchev–Trinajstić information content (AvgIpc) is 2.68. The first-order valence-corrected chi connectivity index (χ1v) is 5.15. The van der Waals surface area contributed by atoms with Crippen LogP contribution in [0.1, 0.15) is 11.3 Å². The first kappa shape index (κ1) is 11.7. The monoisotopic (exact) mass is 238 g/mol. The van der Waals surface area contributed by atoms with Gasteiger partial charge in [0.2, 0.25) is 0 Å². The van der Waals surface area contributed by atoms with E-state index in [1.54, 1.807) is 17.9 Å². The van der Waals surface area contributed by atoms with Gasteiger partial charge in [-0.1, -0.05) is 11.3 Å². The van der Waals surface area contributed by atoms with Crippen molar-refractivity contribution in [2.45, 2.75) is 13.1 Å². The summed E-state index contributed by atoms with van der Waals surface area (Å²) in [6.45, 7) is 0.813. The molecule has 0 fully saturated rings. The Morgan fingerprint density at radius 3 is 2.76 bits per heavy atom. The van der Waals surface area contributed by atoms with Crippen molar-refractivity contribution in [3.8, 4) is 0 Å². The number of aryl methyl sites for hydroxylation is 1. The number of aromatic nitrogens is 3. The molecular weight excluding hydrogens is 226 g/mol. The lowest BCUT2D eigenvalue weighted by Crippen LogP contribution is -2.14. The minimum absolute atomic E-state index is 0.322. The first-order valence-electron chi connectivity index (χ1n) is 5.15. The molecule has 0 radical (unpaired) electrons. The molecule has 0 saturated carbocycles. The molecule has 0 aliphatic heterocycles. The predicted octanol–water partition coefficient (Wildman–Crippen LogP) is 1.38. The Bertz CT molecular complexity index is 510. The second kappa shape index (κ2) is 5.01. The molecule has 0 atom stereocenters. The highest BCUT2D eigenvalue weighted by Gasteiger charge is 2.04. The van der Waals surface area contributed by atoms with Gasteiger partial charge in [-0.25, -0.2) is 8.78 Å². The second-order valence-electron chi connectivity index (χ2n) is 3.72. The highest BCUT2D eigenvalue weighted by Crippen LogP contribution is 2.09. The van der Waals surface area contributed by atoms with Crippen LogP contribution in [0.25, 0.3) is 0 Å². The van der Waals surface area contributed by atoms with Gasteiger partial charge >= 0.3 is 0 Å². The van der Waals surface area contributed by atoms with E-state index < -0.39 is 11.6 Å². The van der Waals surface area contributed by atoms with Gasteiger partial charge in [-0.2, -0.15) is 0 Å². The van der Waals surface area contributed by atoms with Gasteiger partial charge in [0.25, 0.3) is 0 Å². The van der Waals surface area contributed by atoms with Crippen molar-refractivity contribution < 1.29 is 8.78 Å². The highest BCUT2D eigenvalue weighted by molar-refractivity contribution is 5.18. The third-order valence-corrected chi connectivity index (χ3v) is 2.29. The Morgan fingerprint density at radius 2 is 2.12 bits per heavy atom. The molecule has 0 amide bonds. The van der Waals surface area contributed by atoms with Crippen molar-refractivity contribution in [2.75, 3.05) is 0 Å². The first-order chi connectivity index (χ1) is 8.15. The number of hydrogen-bond acceptors (Lipinski definition) is 3. The third kappa shape index (κ3) is 3.07. The zero-order chi connectivity index (χ0) is 12.3. The lowest BCUT2D eigenvalue weighted by molar-refractivity contribution is 0.559. The number of hydrogen-bond donors (Lipinski definition) is 1. The smallest absolute Gasteiger partial charge is 0.130 e. The Hall–Kier alpha value is -1.82. The summed E-state index contributed by atoms with van der Waals surface area (Å²) in [7, 11) is 1.77. The van der Waals surface area contributed by atoms with Crippen LogP contribution in [0.2, 0.25) is 0 Å². The maximum absolute atomic E-state index is 13.3. The van der Waals surface area contributed by atoms with Crippen LogP contribution >= 0.6 is 0 Å². The van der Waals surface area contributed by atoms with Gasteiger partial charge in [0, 0.05) is 38.0 Å². The number of rotatable bonds is 4. The number of nitrogens with one attached hydrogen (secondary N) is 1. The molecule has 6 heteroatoms. The van der Waals surface area contributed by atoms with Crippen LogP contribution in [0, 0.1) is 11.6 Å². The molecule has 1 heterocycles. The molecule has 0 aliphatic rings. The number of nitrogens with zero attached hydrogens (tertiary/aromatic N) is 3. The Morgan fingerprint density at radius 1 is 1.29 bits per heavy atom. The molecule has 1 aromatic heterocycles. The zero-order valence-electron chi connectivity index (χ0n) is 9.32. The van der Waals surface area contributed by atoms with Crippen LogP contribution < -0.4 is 5.32 Å². The maximum atomic E-state index is 13.3. The molecule has 1 aromatic carbocycles. The maximum Gasteiger partial charge on any atom is 0.130 e. The minimum Gasteiger partial charge on any atom is -0.307 e. The lowest BCUT2D eigenvalue weighted by Gasteiger charge is -2.04. The molecule has 2 aromatic rings. The number of benzene rings is 1. The highest BCUT2D eigenvalue weighted by atomic mass is 19.1. The molecule has 17 heavy (non-hydrogen) atoms. The predicted molar refractivity (Wildman–Crippen MR) is 57.9 cm³/mol. The van der Waals surface area contributed by atoms with Gasteiger partial charge in [-0.3, -0.25) is 4.68 Å². The van der Waals surface area contributed by atoms with E-state index >= 15 is 0 Å². The third-order valence-electron chi connectivity index (χ3n) is 2.29. The van der Waals surface area contributed by atoms with E-state index in [0.717, 1.165) is 11.8 Å². The standard InChI is InChI=1S/C11H12F2N4/c1-17-7-10(15-16-17)6-14-5-8-2-3-9(12)4-11(8)13/h2-4,7,14H,5-6H2,1H3. The second-order valence-corrected chi connectivity index (χ2v) is 3.72. The van der Waals surface area contributed by atoms with E-state index in [2.05, 4.69) is 15.6 Å². The van der Waals surface area contributed by atoms with E-state index in [1.165, 1.54) is 12.1 Å². The lowest BCUT2D eigenvalue weighted by atomic mass is 10.2. The van der Waals surface area contributed by atoms with Crippen molar-refractivity contribution in [1.29, 1.82) is 0 Å². The normalized spacial score (nSPS) is 10.8. The van der Waals surface area contributed by atoms with Crippen molar-refractivity contribution >= 4 is 0 Å². The summed E-state index contributed by atoms with van der Waals surface area (Å²) in [5, 5.41) is 10.7. The summed E-state index contributed by atoms with van der Waals surface area (Å²) >= 11 is 0. The Labute approximate surface area is 97.3 Å². The molecule has 1 N–H and O–H groups in total. The van der Waals surface area contributed by atoms with E-state index in [4.69, 9.17) is 0 Å². The topological polar surface area (TPSA) is 42.7 Å². The molecular formula is C11H12F2N4. The van der Waals surface area contributed by atoms with Gasteiger partial charge in [0.15, 0.2) is 0 Å². The van der Waals surface area contributed by atoms with Crippen molar-refractivity contribution in [3.05, 3.63) is 47.3 Å². The summed E-state index contributed by atoms with van der Waals surface area (Å²) in [5.74, 6) is -1.11. The van der Waals surface area contributed by atoms with Gasteiger partial charge < -0.3 is 5.32 Å². The minimum atomic E-state index is -0.569. The molecule has 0 bridgehead atoms. The molecule has 4 nitrogen and oxygen atoms in total. The molecule has 90 valence electrons.